The fraction of sp³-hybridized carbons (Fsp3) is 0.0741. The maximum absolute atomic E-state index is 13.6. The summed E-state index contributed by atoms with van der Waals surface area (Å²) < 4.78 is 27.1. The number of anilines is 1. The molecule has 0 unspecified atom stereocenters. The van der Waals surface area contributed by atoms with Crippen molar-refractivity contribution in [3.8, 4) is 0 Å². The predicted molar refractivity (Wildman–Crippen MR) is 131 cm³/mol. The number of amides is 2. The van der Waals surface area contributed by atoms with Crippen LogP contribution < -0.4 is 10.2 Å². The molecule has 35 heavy (non-hydrogen) atoms. The van der Waals surface area contributed by atoms with E-state index < -0.39 is 21.7 Å². The molecule has 0 saturated heterocycles. The first kappa shape index (κ1) is 22.5. The second kappa shape index (κ2) is 9.15. The van der Waals surface area contributed by atoms with E-state index in [0.29, 0.717) is 5.69 Å². The molecule has 7 nitrogen and oxygen atoms in total. The number of carbonyl (C=O) groups excluding carboxylic acids is 2. The second-order valence-electron chi connectivity index (χ2n) is 8.06. The van der Waals surface area contributed by atoms with Gasteiger partial charge in [-0.1, -0.05) is 48.5 Å². The Balaban J connectivity index is 1.59. The van der Waals surface area contributed by atoms with Gasteiger partial charge in [0.25, 0.3) is 11.8 Å². The highest BCUT2D eigenvalue weighted by Crippen LogP contribution is 2.38. The van der Waals surface area contributed by atoms with Gasteiger partial charge < -0.3 is 10.2 Å². The molecule has 1 aromatic heterocycles. The standard InChI is InChI=1S/C27H21N3O4S/c31-26(29-17-21-10-6-7-15-28-21)20-13-14-25-23(16-20)30(18-19-8-2-1-3-9-19)27(32)22-11-4-5-12-24(22)35(25,33)34/h1-16H,17-18H2,(H,29,31). The van der Waals surface area contributed by atoms with Crippen molar-refractivity contribution in [2.45, 2.75) is 22.9 Å². The molecule has 0 spiro atoms. The van der Waals surface area contributed by atoms with E-state index in [1.165, 1.54) is 35.2 Å². The molecule has 3 aromatic carbocycles. The quantitative estimate of drug-likeness (QED) is 0.463. The number of rotatable bonds is 5. The number of pyridine rings is 1. The van der Waals surface area contributed by atoms with E-state index in [1.807, 2.05) is 36.4 Å². The van der Waals surface area contributed by atoms with Crippen LogP contribution in [-0.4, -0.2) is 25.2 Å². The van der Waals surface area contributed by atoms with Crippen LogP contribution in [0.2, 0.25) is 0 Å². The summed E-state index contributed by atoms with van der Waals surface area (Å²) in [7, 11) is -4.00. The molecule has 2 amide bonds. The molecule has 8 heteroatoms. The van der Waals surface area contributed by atoms with Crippen molar-refractivity contribution in [1.82, 2.24) is 10.3 Å². The lowest BCUT2D eigenvalue weighted by Gasteiger charge is -2.23. The Kier molecular flexibility index (Phi) is 5.88. The van der Waals surface area contributed by atoms with Gasteiger partial charge in [-0.2, -0.15) is 0 Å². The Bertz CT molecular complexity index is 1520. The van der Waals surface area contributed by atoms with Crippen molar-refractivity contribution in [1.29, 1.82) is 0 Å². The number of sulfone groups is 1. The van der Waals surface area contributed by atoms with Crippen LogP contribution in [0.5, 0.6) is 0 Å². The van der Waals surface area contributed by atoms with Gasteiger partial charge in [-0.05, 0) is 48.0 Å². The van der Waals surface area contributed by atoms with Crippen molar-refractivity contribution < 1.29 is 18.0 Å². The van der Waals surface area contributed by atoms with Crippen LogP contribution in [0, 0.1) is 0 Å². The van der Waals surface area contributed by atoms with E-state index in [1.54, 1.807) is 30.5 Å². The number of carbonyl (C=O) groups is 2. The minimum absolute atomic E-state index is 0.0204. The first-order valence-corrected chi connectivity index (χ1v) is 12.5. The largest absolute Gasteiger partial charge is 0.346 e. The molecular weight excluding hydrogens is 462 g/mol. The van der Waals surface area contributed by atoms with Gasteiger partial charge in [-0.15, -0.1) is 0 Å². The van der Waals surface area contributed by atoms with Gasteiger partial charge in [0.1, 0.15) is 0 Å². The molecule has 1 N–H and O–H groups in total. The maximum atomic E-state index is 13.6. The van der Waals surface area contributed by atoms with Crippen molar-refractivity contribution >= 4 is 27.3 Å². The van der Waals surface area contributed by atoms with Gasteiger partial charge in [-0.3, -0.25) is 14.6 Å². The minimum atomic E-state index is -4.00. The SMILES string of the molecule is O=C(NCc1ccccn1)c1ccc2c(c1)N(Cc1ccccc1)C(=O)c1ccccc1S2(=O)=O. The van der Waals surface area contributed by atoms with Crippen molar-refractivity contribution in [3.05, 3.63) is 120 Å². The number of nitrogens with one attached hydrogen (secondary N) is 1. The summed E-state index contributed by atoms with van der Waals surface area (Å²) in [6.07, 6.45) is 1.64. The van der Waals surface area contributed by atoms with Gasteiger partial charge in [0.05, 0.1) is 39.8 Å². The van der Waals surface area contributed by atoms with Crippen LogP contribution in [0.4, 0.5) is 5.69 Å². The number of hydrogen-bond acceptors (Lipinski definition) is 5. The zero-order chi connectivity index (χ0) is 24.4. The van der Waals surface area contributed by atoms with Crippen LogP contribution in [0.25, 0.3) is 0 Å². The van der Waals surface area contributed by atoms with Crippen molar-refractivity contribution in [2.75, 3.05) is 4.90 Å². The Morgan fingerprint density at radius 3 is 2.37 bits per heavy atom. The molecule has 0 aliphatic carbocycles. The predicted octanol–water partition coefficient (Wildman–Crippen LogP) is 4.00. The monoisotopic (exact) mass is 483 g/mol. The third kappa shape index (κ3) is 4.31. The van der Waals surface area contributed by atoms with Gasteiger partial charge in [0, 0.05) is 11.8 Å². The number of aromatic nitrogens is 1. The number of nitrogens with zero attached hydrogens (tertiary/aromatic N) is 2. The molecule has 0 fully saturated rings. The molecule has 0 atom stereocenters. The molecule has 0 radical (unpaired) electrons. The van der Waals surface area contributed by atoms with E-state index in [2.05, 4.69) is 10.3 Å². The molecule has 174 valence electrons. The maximum Gasteiger partial charge on any atom is 0.259 e. The van der Waals surface area contributed by atoms with Crippen molar-refractivity contribution in [3.63, 3.8) is 0 Å². The zero-order valence-corrected chi connectivity index (χ0v) is 19.4. The number of hydrogen-bond donors (Lipinski definition) is 1. The van der Waals surface area contributed by atoms with E-state index in [9.17, 15) is 18.0 Å². The van der Waals surface area contributed by atoms with Crippen LogP contribution in [0.3, 0.4) is 0 Å². The number of fused-ring (bicyclic) bond motifs is 2. The Morgan fingerprint density at radius 2 is 1.60 bits per heavy atom. The lowest BCUT2D eigenvalue weighted by Crippen LogP contribution is -2.31. The lowest BCUT2D eigenvalue weighted by molar-refractivity contribution is 0.0947. The highest BCUT2D eigenvalue weighted by molar-refractivity contribution is 7.91. The normalized spacial score (nSPS) is 13.9. The van der Waals surface area contributed by atoms with Crippen LogP contribution in [-0.2, 0) is 22.9 Å². The summed E-state index contributed by atoms with van der Waals surface area (Å²) >= 11 is 0. The molecular formula is C27H21N3O4S. The van der Waals surface area contributed by atoms with E-state index in [0.717, 1.165) is 5.56 Å². The highest BCUT2D eigenvalue weighted by Gasteiger charge is 2.36. The van der Waals surface area contributed by atoms with Gasteiger partial charge >= 0.3 is 0 Å². The average molecular weight is 484 g/mol. The summed E-state index contributed by atoms with van der Waals surface area (Å²) in [5.41, 5.74) is 2.02. The second-order valence-corrected chi connectivity index (χ2v) is 9.95. The zero-order valence-electron chi connectivity index (χ0n) is 18.6. The molecule has 0 bridgehead atoms. The summed E-state index contributed by atoms with van der Waals surface area (Å²) in [5.74, 6) is -0.845. The smallest absolute Gasteiger partial charge is 0.259 e. The summed E-state index contributed by atoms with van der Waals surface area (Å²) in [5, 5.41) is 2.80. The van der Waals surface area contributed by atoms with E-state index in [-0.39, 0.29) is 39.7 Å². The third-order valence-electron chi connectivity index (χ3n) is 5.79. The van der Waals surface area contributed by atoms with Gasteiger partial charge in [-0.25, -0.2) is 8.42 Å². The summed E-state index contributed by atoms with van der Waals surface area (Å²) in [6, 6.07) is 25.2. The average Bonchev–Trinajstić information content (AvgIpc) is 2.96. The Labute approximate surface area is 203 Å². The van der Waals surface area contributed by atoms with Gasteiger partial charge in [0.15, 0.2) is 0 Å². The first-order valence-electron chi connectivity index (χ1n) is 11.0. The summed E-state index contributed by atoms with van der Waals surface area (Å²) in [4.78, 5) is 32.1. The first-order chi connectivity index (χ1) is 16.9. The van der Waals surface area contributed by atoms with Crippen molar-refractivity contribution in [2.24, 2.45) is 0 Å². The van der Waals surface area contributed by atoms with Crippen LogP contribution in [0.1, 0.15) is 32.0 Å². The highest BCUT2D eigenvalue weighted by atomic mass is 32.2. The topological polar surface area (TPSA) is 96.4 Å². The van der Waals surface area contributed by atoms with E-state index >= 15 is 0 Å². The lowest BCUT2D eigenvalue weighted by atomic mass is 10.1. The Morgan fingerprint density at radius 1 is 0.857 bits per heavy atom. The van der Waals surface area contributed by atoms with E-state index in [4.69, 9.17) is 0 Å². The third-order valence-corrected chi connectivity index (χ3v) is 7.65. The van der Waals surface area contributed by atoms with Gasteiger partial charge in [0.2, 0.25) is 9.84 Å². The summed E-state index contributed by atoms with van der Waals surface area (Å²) in [6.45, 7) is 0.364. The molecule has 4 aromatic rings. The molecule has 0 saturated carbocycles. The van der Waals surface area contributed by atoms with Crippen LogP contribution in [0.15, 0.2) is 107 Å². The fourth-order valence-corrected chi connectivity index (χ4v) is 5.68. The fourth-order valence-electron chi connectivity index (χ4n) is 4.05. The molecule has 5 rings (SSSR count). The minimum Gasteiger partial charge on any atom is -0.346 e. The number of benzene rings is 3. The van der Waals surface area contributed by atoms with Crippen LogP contribution >= 0.6 is 0 Å². The Hall–Kier alpha value is -4.30. The molecule has 1 aliphatic heterocycles. The molecule has 2 heterocycles. The molecule has 1 aliphatic rings.